The Hall–Kier alpha value is -3.41. The van der Waals surface area contributed by atoms with Gasteiger partial charge < -0.3 is 4.57 Å². The zero-order valence-electron chi connectivity index (χ0n) is 17.2. The van der Waals surface area contributed by atoms with E-state index in [1.807, 2.05) is 0 Å². The van der Waals surface area contributed by atoms with E-state index >= 15 is 0 Å². The maximum Gasteiger partial charge on any atom is 0.433 e. The van der Waals surface area contributed by atoms with Crippen molar-refractivity contribution >= 4 is 20.9 Å². The van der Waals surface area contributed by atoms with Gasteiger partial charge in [0.25, 0.3) is 0 Å². The summed E-state index contributed by atoms with van der Waals surface area (Å²) in [6.07, 6.45) is -2.49. The van der Waals surface area contributed by atoms with Gasteiger partial charge in [-0.3, -0.25) is 4.98 Å². The van der Waals surface area contributed by atoms with Crippen molar-refractivity contribution < 1.29 is 30.4 Å². The SMILES string of the molecule is CCS(=O)(=O)c1cc(-c2ccc(F)cc2F)cnc1-c1nc2cc(C(F)(F)F)ncc2n1C. The van der Waals surface area contributed by atoms with Crippen molar-refractivity contribution in [1.82, 2.24) is 19.5 Å². The molecule has 0 atom stereocenters. The summed E-state index contributed by atoms with van der Waals surface area (Å²) in [5, 5.41) is 0. The summed E-state index contributed by atoms with van der Waals surface area (Å²) in [7, 11) is -2.44. The van der Waals surface area contributed by atoms with Crippen molar-refractivity contribution in [2.75, 3.05) is 5.75 Å². The largest absolute Gasteiger partial charge is 0.433 e. The van der Waals surface area contributed by atoms with Gasteiger partial charge in [0.05, 0.1) is 27.9 Å². The predicted molar refractivity (Wildman–Crippen MR) is 110 cm³/mol. The topological polar surface area (TPSA) is 77.7 Å². The molecular formula is C21H15F5N4O2S. The van der Waals surface area contributed by atoms with Crippen LogP contribution in [-0.4, -0.2) is 33.7 Å². The molecule has 0 aliphatic heterocycles. The van der Waals surface area contributed by atoms with Crippen LogP contribution in [0.1, 0.15) is 12.6 Å². The highest BCUT2D eigenvalue weighted by atomic mass is 32.2. The molecule has 6 nitrogen and oxygen atoms in total. The maximum absolute atomic E-state index is 14.3. The smallest absolute Gasteiger partial charge is 0.324 e. The molecule has 0 aliphatic carbocycles. The quantitative estimate of drug-likeness (QED) is 0.391. The van der Waals surface area contributed by atoms with Crippen LogP contribution >= 0.6 is 0 Å². The highest BCUT2D eigenvalue weighted by molar-refractivity contribution is 7.91. The minimum atomic E-state index is -4.68. The van der Waals surface area contributed by atoms with Crippen molar-refractivity contribution in [2.24, 2.45) is 7.05 Å². The van der Waals surface area contributed by atoms with Crippen LogP contribution in [0.2, 0.25) is 0 Å². The van der Waals surface area contributed by atoms with Crippen LogP contribution in [0.25, 0.3) is 33.7 Å². The predicted octanol–water partition coefficient (Wildman–Crippen LogP) is 4.79. The lowest BCUT2D eigenvalue weighted by molar-refractivity contribution is -0.141. The Labute approximate surface area is 184 Å². The number of imidazole rings is 1. The van der Waals surface area contributed by atoms with Crippen LogP contribution in [0.15, 0.2) is 47.6 Å². The molecular weight excluding hydrogens is 467 g/mol. The number of aromatic nitrogens is 4. The van der Waals surface area contributed by atoms with Crippen LogP contribution in [0.5, 0.6) is 0 Å². The Morgan fingerprint density at radius 3 is 2.39 bits per heavy atom. The highest BCUT2D eigenvalue weighted by Crippen LogP contribution is 2.34. The first kappa shape index (κ1) is 22.8. The number of sulfone groups is 1. The normalized spacial score (nSPS) is 12.5. The average Bonchev–Trinajstić information content (AvgIpc) is 3.08. The molecule has 4 rings (SSSR count). The Morgan fingerprint density at radius 2 is 1.76 bits per heavy atom. The van der Waals surface area contributed by atoms with E-state index in [0.717, 1.165) is 24.4 Å². The number of pyridine rings is 2. The Kier molecular flexibility index (Phi) is 5.43. The van der Waals surface area contributed by atoms with Crippen molar-refractivity contribution in [2.45, 2.75) is 18.0 Å². The average molecular weight is 482 g/mol. The molecule has 33 heavy (non-hydrogen) atoms. The fourth-order valence-corrected chi connectivity index (χ4v) is 4.39. The van der Waals surface area contributed by atoms with Crippen molar-refractivity contribution in [3.63, 3.8) is 0 Å². The number of rotatable bonds is 4. The molecule has 0 saturated carbocycles. The van der Waals surface area contributed by atoms with E-state index in [2.05, 4.69) is 15.0 Å². The molecule has 0 spiro atoms. The lowest BCUT2D eigenvalue weighted by Gasteiger charge is -2.12. The molecule has 4 aromatic rings. The third-order valence-electron chi connectivity index (χ3n) is 5.08. The summed E-state index contributed by atoms with van der Waals surface area (Å²) in [4.78, 5) is 11.5. The summed E-state index contributed by atoms with van der Waals surface area (Å²) in [5.41, 5.74) is -1.06. The van der Waals surface area contributed by atoms with Crippen LogP contribution in [-0.2, 0) is 23.1 Å². The minimum absolute atomic E-state index is 0.00993. The monoisotopic (exact) mass is 482 g/mol. The number of hydrogen-bond acceptors (Lipinski definition) is 5. The van der Waals surface area contributed by atoms with Crippen LogP contribution in [0, 0.1) is 11.6 Å². The molecule has 1 aromatic carbocycles. The lowest BCUT2D eigenvalue weighted by Crippen LogP contribution is -2.09. The first-order valence-electron chi connectivity index (χ1n) is 9.50. The lowest BCUT2D eigenvalue weighted by atomic mass is 10.1. The standard InChI is InChI=1S/C21H15F5N4O2S/c1-3-33(31,32)17-6-11(13-5-4-12(22)7-14(13)23)9-28-19(17)20-29-15-8-18(21(24,25)26)27-10-16(15)30(20)2/h4-10H,3H2,1-2H3. The number of hydrogen-bond donors (Lipinski definition) is 0. The Bertz CT molecular complexity index is 1500. The number of halogens is 5. The van der Waals surface area contributed by atoms with Crippen molar-refractivity contribution in [3.8, 4) is 22.6 Å². The minimum Gasteiger partial charge on any atom is -0.324 e. The zero-order valence-corrected chi connectivity index (χ0v) is 18.0. The fourth-order valence-electron chi connectivity index (χ4n) is 3.33. The third kappa shape index (κ3) is 4.06. The second kappa shape index (κ2) is 7.87. The van der Waals surface area contributed by atoms with E-state index in [1.165, 1.54) is 30.8 Å². The zero-order chi connectivity index (χ0) is 24.1. The first-order valence-corrected chi connectivity index (χ1v) is 11.2. The van der Waals surface area contributed by atoms with Gasteiger partial charge in [-0.15, -0.1) is 0 Å². The van der Waals surface area contributed by atoms with Crippen LogP contribution in [0.3, 0.4) is 0 Å². The summed E-state index contributed by atoms with van der Waals surface area (Å²) in [6, 6.07) is 4.79. The molecule has 0 radical (unpaired) electrons. The van der Waals surface area contributed by atoms with Gasteiger partial charge >= 0.3 is 6.18 Å². The molecule has 3 heterocycles. The molecule has 0 amide bonds. The molecule has 3 aromatic heterocycles. The highest BCUT2D eigenvalue weighted by Gasteiger charge is 2.33. The van der Waals surface area contributed by atoms with Gasteiger partial charge in [-0.25, -0.2) is 27.2 Å². The third-order valence-corrected chi connectivity index (χ3v) is 6.82. The van der Waals surface area contributed by atoms with Gasteiger partial charge in [0.2, 0.25) is 0 Å². The van der Waals surface area contributed by atoms with Crippen LogP contribution < -0.4 is 0 Å². The van der Waals surface area contributed by atoms with Crippen molar-refractivity contribution in [3.05, 3.63) is 60.1 Å². The van der Waals surface area contributed by atoms with Gasteiger partial charge in [0, 0.05) is 30.4 Å². The molecule has 0 bridgehead atoms. The van der Waals surface area contributed by atoms with Gasteiger partial charge in [-0.1, -0.05) is 6.92 Å². The Morgan fingerprint density at radius 1 is 1.03 bits per heavy atom. The van der Waals surface area contributed by atoms with E-state index in [4.69, 9.17) is 0 Å². The number of aryl methyl sites for hydroxylation is 1. The van der Waals surface area contributed by atoms with Crippen molar-refractivity contribution in [1.29, 1.82) is 0 Å². The molecule has 0 N–H and O–H groups in total. The van der Waals surface area contributed by atoms with Crippen LogP contribution in [0.4, 0.5) is 22.0 Å². The maximum atomic E-state index is 14.3. The van der Waals surface area contributed by atoms with E-state index in [9.17, 15) is 30.4 Å². The van der Waals surface area contributed by atoms with Gasteiger partial charge in [0.1, 0.15) is 23.0 Å². The number of benzene rings is 1. The second-order valence-electron chi connectivity index (χ2n) is 7.15. The summed E-state index contributed by atoms with van der Waals surface area (Å²) < 4.78 is 93.7. The van der Waals surface area contributed by atoms with E-state index < -0.39 is 33.3 Å². The summed E-state index contributed by atoms with van der Waals surface area (Å²) in [6.45, 7) is 1.40. The summed E-state index contributed by atoms with van der Waals surface area (Å²) in [5.74, 6) is -2.03. The number of fused-ring (bicyclic) bond motifs is 1. The van der Waals surface area contributed by atoms with E-state index in [1.54, 1.807) is 0 Å². The second-order valence-corrected chi connectivity index (χ2v) is 9.40. The molecule has 12 heteroatoms. The molecule has 0 saturated heterocycles. The summed E-state index contributed by atoms with van der Waals surface area (Å²) >= 11 is 0. The molecule has 0 unspecified atom stereocenters. The Balaban J connectivity index is 1.95. The molecule has 0 fully saturated rings. The van der Waals surface area contributed by atoms with E-state index in [0.29, 0.717) is 6.07 Å². The van der Waals surface area contributed by atoms with Gasteiger partial charge in [0.15, 0.2) is 15.7 Å². The number of nitrogens with zero attached hydrogens (tertiary/aromatic N) is 4. The van der Waals surface area contributed by atoms with Gasteiger partial charge in [-0.05, 0) is 24.3 Å². The van der Waals surface area contributed by atoms with E-state index in [-0.39, 0.29) is 44.3 Å². The molecule has 172 valence electrons. The molecule has 0 aliphatic rings. The number of alkyl halides is 3. The van der Waals surface area contributed by atoms with Gasteiger partial charge in [-0.2, -0.15) is 13.2 Å². The fraction of sp³-hybridized carbons (Fsp3) is 0.190. The first-order chi connectivity index (χ1) is 15.4.